The number of hydrogen-bond acceptors (Lipinski definition) is 3. The van der Waals surface area contributed by atoms with Crippen LogP contribution in [0.1, 0.15) is 0 Å². The third kappa shape index (κ3) is 0.540. The highest BCUT2D eigenvalue weighted by molar-refractivity contribution is 5.76. The van der Waals surface area contributed by atoms with Crippen LogP contribution in [0.15, 0.2) is 6.07 Å². The quantitative estimate of drug-likeness (QED) is 0.418. The van der Waals surface area contributed by atoms with Gasteiger partial charge in [-0.15, -0.1) is 0 Å². The van der Waals surface area contributed by atoms with Gasteiger partial charge in [0.25, 0.3) is 6.01 Å². The number of nitrogen functional groups attached to an aromatic ring is 1. The van der Waals surface area contributed by atoms with Crippen LogP contribution >= 0.6 is 0 Å². The molecule has 2 rings (SSSR count). The Kier molecular flexibility index (Phi) is 0.743. The first kappa shape index (κ1) is 5.16. The predicted octanol–water partition coefficient (Wildman–Crippen LogP) is 0.179. The normalized spacial score (nSPS) is 10.8. The second kappa shape index (κ2) is 1.44. The van der Waals surface area contributed by atoms with Gasteiger partial charge in [0.1, 0.15) is 5.82 Å². The van der Waals surface area contributed by atoms with Crippen LogP contribution in [0.4, 0.5) is 5.82 Å². The van der Waals surface area contributed by atoms with Gasteiger partial charge in [-0.3, -0.25) is 0 Å². The third-order valence-electron chi connectivity index (χ3n) is 1.28. The molecule has 52 valence electrons. The highest BCUT2D eigenvalue weighted by Crippen LogP contribution is 2.15. The number of fused-ring (bicyclic) bond motifs is 1. The highest BCUT2D eigenvalue weighted by atomic mass is 16.3. The zero-order valence-corrected chi connectivity index (χ0v) is 5.05. The Bertz CT molecular complexity index is 297. The first-order valence-corrected chi connectivity index (χ1v) is 2.79. The van der Waals surface area contributed by atoms with Crippen molar-refractivity contribution in [3.8, 4) is 6.01 Å². The number of hydrogen-bond donors (Lipinski definition) is 4. The Morgan fingerprint density at radius 2 is 2.30 bits per heavy atom. The van der Waals surface area contributed by atoms with Crippen molar-refractivity contribution in [3.63, 3.8) is 0 Å². The number of aromatic hydroxyl groups is 1. The molecule has 0 saturated heterocycles. The molecule has 0 amide bonds. The van der Waals surface area contributed by atoms with Crippen molar-refractivity contribution in [1.29, 1.82) is 0 Å². The monoisotopic (exact) mass is 138 g/mol. The molecule has 5 heteroatoms. The minimum atomic E-state index is -0.0961. The van der Waals surface area contributed by atoms with Crippen LogP contribution in [0.5, 0.6) is 6.01 Å². The minimum absolute atomic E-state index is 0.0961. The van der Waals surface area contributed by atoms with Crippen LogP contribution in [0.25, 0.3) is 11.2 Å². The third-order valence-corrected chi connectivity index (χ3v) is 1.28. The van der Waals surface area contributed by atoms with Crippen molar-refractivity contribution in [2.45, 2.75) is 0 Å². The van der Waals surface area contributed by atoms with Crippen LogP contribution in [-0.4, -0.2) is 20.1 Å². The van der Waals surface area contributed by atoms with Crippen molar-refractivity contribution in [3.05, 3.63) is 6.07 Å². The molecule has 10 heavy (non-hydrogen) atoms. The summed E-state index contributed by atoms with van der Waals surface area (Å²) in [6, 6.07) is 1.57. The average molecular weight is 138 g/mol. The van der Waals surface area contributed by atoms with E-state index in [2.05, 4.69) is 15.0 Å². The lowest BCUT2D eigenvalue weighted by Gasteiger charge is -1.78. The molecule has 2 heterocycles. The van der Waals surface area contributed by atoms with Crippen molar-refractivity contribution in [1.82, 2.24) is 15.0 Å². The molecule has 0 bridgehead atoms. The van der Waals surface area contributed by atoms with E-state index in [1.54, 1.807) is 6.07 Å². The largest absolute Gasteiger partial charge is 0.480 e. The number of aromatic nitrogens is 3. The number of imidazole rings is 1. The van der Waals surface area contributed by atoms with E-state index >= 15 is 0 Å². The van der Waals surface area contributed by atoms with Crippen molar-refractivity contribution >= 4 is 17.0 Å². The van der Waals surface area contributed by atoms with E-state index in [0.717, 1.165) is 5.52 Å². The second-order valence-electron chi connectivity index (χ2n) is 2.05. The van der Waals surface area contributed by atoms with E-state index in [1.807, 2.05) is 0 Å². The van der Waals surface area contributed by atoms with Gasteiger partial charge in [0, 0.05) is 6.07 Å². The summed E-state index contributed by atoms with van der Waals surface area (Å²) in [6.07, 6.45) is 0. The van der Waals surface area contributed by atoms with Crippen molar-refractivity contribution in [2.24, 2.45) is 0 Å². The molecule has 0 fully saturated rings. The minimum Gasteiger partial charge on any atom is -0.480 e. The standard InChI is InChI=1S/C5H6N4O/c6-3-1-2-4(8-3)9-5(10)7-2/h1,8H,6H2,(H2,7,9,10). The number of aromatic amines is 2. The van der Waals surface area contributed by atoms with E-state index < -0.39 is 0 Å². The van der Waals surface area contributed by atoms with Crippen molar-refractivity contribution < 1.29 is 5.11 Å². The van der Waals surface area contributed by atoms with Crippen LogP contribution in [0.3, 0.4) is 0 Å². The molecule has 0 unspecified atom stereocenters. The lowest BCUT2D eigenvalue weighted by Crippen LogP contribution is -1.81. The maximum atomic E-state index is 8.81. The molecule has 0 aliphatic heterocycles. The van der Waals surface area contributed by atoms with Gasteiger partial charge in [-0.2, -0.15) is 4.98 Å². The Labute approximate surface area is 55.9 Å². The van der Waals surface area contributed by atoms with Crippen LogP contribution in [0, 0.1) is 0 Å². The Balaban J connectivity index is 2.83. The van der Waals surface area contributed by atoms with Gasteiger partial charge in [0.15, 0.2) is 5.65 Å². The molecule has 0 saturated carbocycles. The van der Waals surface area contributed by atoms with E-state index in [9.17, 15) is 0 Å². The fourth-order valence-electron chi connectivity index (χ4n) is 0.902. The van der Waals surface area contributed by atoms with Crippen LogP contribution in [-0.2, 0) is 0 Å². The number of nitrogens with zero attached hydrogens (tertiary/aromatic N) is 1. The molecule has 0 aromatic carbocycles. The lowest BCUT2D eigenvalue weighted by molar-refractivity contribution is 0.438. The summed E-state index contributed by atoms with van der Waals surface area (Å²) in [4.78, 5) is 9.07. The van der Waals surface area contributed by atoms with E-state index in [-0.39, 0.29) is 6.01 Å². The van der Waals surface area contributed by atoms with E-state index in [1.165, 1.54) is 0 Å². The summed E-state index contributed by atoms with van der Waals surface area (Å²) in [5.74, 6) is 0.536. The van der Waals surface area contributed by atoms with Gasteiger partial charge in [-0.25, -0.2) is 0 Å². The molecule has 2 aromatic heterocycles. The molecule has 5 nitrogen and oxygen atoms in total. The van der Waals surface area contributed by atoms with Gasteiger partial charge in [-0.1, -0.05) is 0 Å². The number of nitrogens with one attached hydrogen (secondary N) is 2. The summed E-state index contributed by atoms with van der Waals surface area (Å²) in [5.41, 5.74) is 6.68. The molecule has 0 spiro atoms. The van der Waals surface area contributed by atoms with Crippen LogP contribution in [0.2, 0.25) is 0 Å². The Hall–Kier alpha value is -1.65. The molecule has 0 atom stereocenters. The summed E-state index contributed by atoms with van der Waals surface area (Å²) in [5, 5.41) is 8.81. The molecule has 0 aliphatic rings. The summed E-state index contributed by atoms with van der Waals surface area (Å²) >= 11 is 0. The number of nitrogens with two attached hydrogens (primary N) is 1. The van der Waals surface area contributed by atoms with E-state index in [0.29, 0.717) is 11.5 Å². The predicted molar refractivity (Wildman–Crippen MR) is 36.5 cm³/mol. The van der Waals surface area contributed by atoms with Crippen molar-refractivity contribution in [2.75, 3.05) is 5.73 Å². The summed E-state index contributed by atoms with van der Waals surface area (Å²) in [6.45, 7) is 0. The maximum Gasteiger partial charge on any atom is 0.293 e. The first-order valence-electron chi connectivity index (χ1n) is 2.79. The smallest absolute Gasteiger partial charge is 0.293 e. The van der Waals surface area contributed by atoms with Crippen LogP contribution < -0.4 is 5.73 Å². The Morgan fingerprint density at radius 1 is 1.50 bits per heavy atom. The SMILES string of the molecule is Nc1cc2[nH]c(O)nc2[nH]1. The van der Waals surface area contributed by atoms with Gasteiger partial charge in [0.2, 0.25) is 0 Å². The topological polar surface area (TPSA) is 90.7 Å². The Morgan fingerprint density at radius 3 is 3.00 bits per heavy atom. The summed E-state index contributed by atoms with van der Waals surface area (Å²) < 4.78 is 0. The zero-order valence-electron chi connectivity index (χ0n) is 5.05. The molecule has 5 N–H and O–H groups in total. The fraction of sp³-hybridized carbons (Fsp3) is 0. The molecule has 0 aliphatic carbocycles. The van der Waals surface area contributed by atoms with Gasteiger partial charge >= 0.3 is 0 Å². The number of H-pyrrole nitrogens is 2. The molecular formula is C5H6N4O. The molecular weight excluding hydrogens is 132 g/mol. The zero-order chi connectivity index (χ0) is 7.14. The summed E-state index contributed by atoms with van der Waals surface area (Å²) in [7, 11) is 0. The molecule has 2 aromatic rings. The number of anilines is 1. The second-order valence-corrected chi connectivity index (χ2v) is 2.05. The van der Waals surface area contributed by atoms with Gasteiger partial charge < -0.3 is 20.8 Å². The highest BCUT2D eigenvalue weighted by Gasteiger charge is 2.02. The maximum absolute atomic E-state index is 8.81. The van der Waals surface area contributed by atoms with Gasteiger partial charge in [-0.05, 0) is 0 Å². The fourth-order valence-corrected chi connectivity index (χ4v) is 0.902. The lowest BCUT2D eigenvalue weighted by atomic mass is 10.5. The molecule has 0 radical (unpaired) electrons. The number of rotatable bonds is 0. The van der Waals surface area contributed by atoms with E-state index in [4.69, 9.17) is 10.8 Å². The van der Waals surface area contributed by atoms with Gasteiger partial charge in [0.05, 0.1) is 5.52 Å². The average Bonchev–Trinajstić information content (AvgIpc) is 2.21. The first-order chi connectivity index (χ1) is 4.75.